The Kier molecular flexibility index (Phi) is 4.49. The first-order chi connectivity index (χ1) is 9.08. The number of hydrogen-bond acceptors (Lipinski definition) is 5. The minimum Gasteiger partial charge on any atom is -0.465 e. The van der Waals surface area contributed by atoms with Crippen LogP contribution in [0.3, 0.4) is 0 Å². The zero-order valence-corrected chi connectivity index (χ0v) is 12.4. The van der Waals surface area contributed by atoms with Gasteiger partial charge in [0.25, 0.3) is 0 Å². The second-order valence-corrected chi connectivity index (χ2v) is 5.10. The summed E-state index contributed by atoms with van der Waals surface area (Å²) >= 11 is 3.36. The van der Waals surface area contributed by atoms with Crippen LogP contribution in [0.5, 0.6) is 0 Å². The third-order valence-corrected chi connectivity index (χ3v) is 2.91. The van der Waals surface area contributed by atoms with Crippen molar-refractivity contribution in [2.24, 2.45) is 0 Å². The number of nitrogens with zero attached hydrogens (tertiary/aromatic N) is 3. The number of esters is 1. The lowest BCUT2D eigenvalue weighted by molar-refractivity contribution is -0.144. The van der Waals surface area contributed by atoms with Gasteiger partial charge in [-0.25, -0.2) is 9.97 Å². The molecule has 0 aliphatic heterocycles. The van der Waals surface area contributed by atoms with Crippen molar-refractivity contribution in [2.75, 3.05) is 20.2 Å². The van der Waals surface area contributed by atoms with Gasteiger partial charge in [0.2, 0.25) is 0 Å². The second-order valence-electron chi connectivity index (χ2n) is 4.19. The van der Waals surface area contributed by atoms with E-state index < -0.39 is 0 Å². The Labute approximate surface area is 119 Å². The lowest BCUT2D eigenvalue weighted by Crippen LogP contribution is -2.27. The molecule has 0 saturated carbocycles. The fourth-order valence-electron chi connectivity index (χ4n) is 1.74. The van der Waals surface area contributed by atoms with Crippen molar-refractivity contribution >= 4 is 33.1 Å². The van der Waals surface area contributed by atoms with Crippen molar-refractivity contribution < 1.29 is 9.53 Å². The highest BCUT2D eigenvalue weighted by Gasteiger charge is 2.10. The Hall–Kier alpha value is -1.47. The molecule has 6 nitrogen and oxygen atoms in total. The number of aromatic nitrogens is 3. The molecule has 0 amide bonds. The normalized spacial score (nSPS) is 11.2. The monoisotopic (exact) mass is 326 g/mol. The maximum absolute atomic E-state index is 11.3. The summed E-state index contributed by atoms with van der Waals surface area (Å²) < 4.78 is 5.79. The number of H-pyrrole nitrogens is 1. The zero-order valence-electron chi connectivity index (χ0n) is 10.8. The first-order valence-corrected chi connectivity index (χ1v) is 6.72. The molecule has 0 bridgehead atoms. The predicted octanol–water partition coefficient (Wildman–Crippen LogP) is 1.72. The van der Waals surface area contributed by atoms with Gasteiger partial charge in [-0.15, -0.1) is 0 Å². The number of nitrogens with one attached hydrogen (secondary N) is 1. The Morgan fingerprint density at radius 2 is 2.37 bits per heavy atom. The molecule has 2 heterocycles. The number of carbonyl (C=O) groups is 1. The van der Waals surface area contributed by atoms with Crippen LogP contribution in [0.1, 0.15) is 12.7 Å². The van der Waals surface area contributed by atoms with E-state index in [-0.39, 0.29) is 12.5 Å². The molecular weight excluding hydrogens is 312 g/mol. The average Bonchev–Trinajstić information content (AvgIpc) is 2.70. The van der Waals surface area contributed by atoms with Gasteiger partial charge in [0.15, 0.2) is 5.65 Å². The fraction of sp³-hybridized carbons (Fsp3) is 0.417. The van der Waals surface area contributed by atoms with Crippen molar-refractivity contribution in [3.05, 3.63) is 22.6 Å². The van der Waals surface area contributed by atoms with Crippen molar-refractivity contribution in [2.45, 2.75) is 13.5 Å². The van der Waals surface area contributed by atoms with Gasteiger partial charge in [0.05, 0.1) is 25.2 Å². The van der Waals surface area contributed by atoms with Gasteiger partial charge < -0.3 is 9.72 Å². The third kappa shape index (κ3) is 3.74. The largest absolute Gasteiger partial charge is 0.465 e. The van der Waals surface area contributed by atoms with E-state index in [1.807, 2.05) is 18.0 Å². The number of fused-ring (bicyclic) bond motifs is 1. The summed E-state index contributed by atoms with van der Waals surface area (Å²) in [7, 11) is 1.84. The van der Waals surface area contributed by atoms with Crippen LogP contribution in [-0.2, 0) is 16.1 Å². The van der Waals surface area contributed by atoms with E-state index in [2.05, 4.69) is 30.9 Å². The lowest BCUT2D eigenvalue weighted by Gasteiger charge is -2.13. The van der Waals surface area contributed by atoms with Crippen LogP contribution in [0.2, 0.25) is 0 Å². The second kappa shape index (κ2) is 6.12. The SMILES string of the molecule is CCOC(=O)CN(C)Cc1nc2ncc(Br)cc2[nH]1. The molecule has 0 spiro atoms. The molecule has 2 aromatic heterocycles. The highest BCUT2D eigenvalue weighted by molar-refractivity contribution is 9.10. The number of halogens is 1. The molecular formula is C12H15BrN4O2. The summed E-state index contributed by atoms with van der Waals surface area (Å²) in [6.07, 6.45) is 1.70. The van der Waals surface area contributed by atoms with Gasteiger partial charge in [-0.3, -0.25) is 9.69 Å². The van der Waals surface area contributed by atoms with Crippen molar-refractivity contribution in [3.8, 4) is 0 Å². The molecule has 1 N–H and O–H groups in total. The maximum Gasteiger partial charge on any atom is 0.320 e. The van der Waals surface area contributed by atoms with Gasteiger partial charge in [-0.1, -0.05) is 0 Å². The average molecular weight is 327 g/mol. The Bertz CT molecular complexity index is 584. The van der Waals surface area contributed by atoms with Crippen LogP contribution in [0, 0.1) is 0 Å². The number of aromatic amines is 1. The van der Waals surface area contributed by atoms with Gasteiger partial charge in [0.1, 0.15) is 5.82 Å². The van der Waals surface area contributed by atoms with Gasteiger partial charge >= 0.3 is 5.97 Å². The number of likely N-dealkylation sites (N-methyl/N-ethyl adjacent to an activating group) is 1. The highest BCUT2D eigenvalue weighted by atomic mass is 79.9. The van der Waals surface area contributed by atoms with E-state index in [9.17, 15) is 4.79 Å². The topological polar surface area (TPSA) is 71.1 Å². The Balaban J connectivity index is 2.02. The van der Waals surface area contributed by atoms with E-state index in [1.165, 1.54) is 0 Å². The molecule has 102 valence electrons. The van der Waals surface area contributed by atoms with Gasteiger partial charge in [-0.2, -0.15) is 0 Å². The summed E-state index contributed by atoms with van der Waals surface area (Å²) in [4.78, 5) is 24.9. The molecule has 2 aromatic rings. The van der Waals surface area contributed by atoms with E-state index in [4.69, 9.17) is 4.74 Å². The summed E-state index contributed by atoms with van der Waals surface area (Å²) in [5, 5.41) is 0. The summed E-state index contributed by atoms with van der Waals surface area (Å²) in [5.74, 6) is 0.536. The highest BCUT2D eigenvalue weighted by Crippen LogP contribution is 2.15. The summed E-state index contributed by atoms with van der Waals surface area (Å²) in [5.41, 5.74) is 1.54. The number of ether oxygens (including phenoxy) is 1. The van der Waals surface area contributed by atoms with Crippen molar-refractivity contribution in [3.63, 3.8) is 0 Å². The number of pyridine rings is 1. The van der Waals surface area contributed by atoms with Crippen LogP contribution in [0.15, 0.2) is 16.7 Å². The predicted molar refractivity (Wildman–Crippen MR) is 74.6 cm³/mol. The Morgan fingerprint density at radius 1 is 1.58 bits per heavy atom. The van der Waals surface area contributed by atoms with Crippen LogP contribution in [0.4, 0.5) is 0 Å². The Morgan fingerprint density at radius 3 is 3.11 bits per heavy atom. The van der Waals surface area contributed by atoms with Crippen LogP contribution in [0.25, 0.3) is 11.2 Å². The molecule has 0 radical (unpaired) electrons. The van der Waals surface area contributed by atoms with Crippen molar-refractivity contribution in [1.29, 1.82) is 0 Å². The molecule has 19 heavy (non-hydrogen) atoms. The zero-order chi connectivity index (χ0) is 13.8. The molecule has 2 rings (SSSR count). The van der Waals surface area contributed by atoms with E-state index in [1.54, 1.807) is 13.1 Å². The molecule has 0 fully saturated rings. The summed E-state index contributed by atoms with van der Waals surface area (Å²) in [6, 6.07) is 1.92. The first-order valence-electron chi connectivity index (χ1n) is 5.92. The molecule has 0 aromatic carbocycles. The third-order valence-electron chi connectivity index (χ3n) is 2.48. The molecule has 0 atom stereocenters. The van der Waals surface area contributed by atoms with Gasteiger partial charge in [-0.05, 0) is 36.0 Å². The first kappa shape index (κ1) is 14.0. The number of hydrogen-bond donors (Lipinski definition) is 1. The molecule has 0 saturated heterocycles. The smallest absolute Gasteiger partial charge is 0.320 e. The quantitative estimate of drug-likeness (QED) is 0.847. The van der Waals surface area contributed by atoms with Crippen LogP contribution in [-0.4, -0.2) is 46.0 Å². The van der Waals surface area contributed by atoms with Crippen LogP contribution < -0.4 is 0 Å². The molecule has 0 aliphatic carbocycles. The van der Waals surface area contributed by atoms with E-state index in [0.29, 0.717) is 18.8 Å². The maximum atomic E-state index is 11.3. The minimum atomic E-state index is -0.234. The number of imidazole rings is 1. The fourth-order valence-corrected chi connectivity index (χ4v) is 2.07. The lowest BCUT2D eigenvalue weighted by atomic mass is 10.4. The number of carbonyl (C=O) groups excluding carboxylic acids is 1. The minimum absolute atomic E-state index is 0.234. The summed E-state index contributed by atoms with van der Waals surface area (Å²) in [6.45, 7) is 2.96. The number of rotatable bonds is 5. The van der Waals surface area contributed by atoms with E-state index >= 15 is 0 Å². The van der Waals surface area contributed by atoms with Crippen molar-refractivity contribution in [1.82, 2.24) is 19.9 Å². The molecule has 0 aliphatic rings. The standard InChI is InChI=1S/C12H15BrN4O2/c1-3-19-11(18)7-17(2)6-10-15-9-4-8(13)5-14-12(9)16-10/h4-5H,3,6-7H2,1-2H3,(H,14,15,16). The molecule has 7 heteroatoms. The van der Waals surface area contributed by atoms with Gasteiger partial charge in [0, 0.05) is 10.7 Å². The molecule has 0 unspecified atom stereocenters. The van der Waals surface area contributed by atoms with E-state index in [0.717, 1.165) is 15.8 Å². The van der Waals surface area contributed by atoms with Crippen LogP contribution >= 0.6 is 15.9 Å².